The van der Waals surface area contributed by atoms with E-state index in [2.05, 4.69) is 13.8 Å². The molecule has 0 N–H and O–H groups in total. The van der Waals surface area contributed by atoms with E-state index in [0.29, 0.717) is 26.2 Å². The van der Waals surface area contributed by atoms with E-state index >= 15 is 0 Å². The average Bonchev–Trinajstić information content (AvgIpc) is 2.87. The summed E-state index contributed by atoms with van der Waals surface area (Å²) >= 11 is 0. The molecule has 226 valence electrons. The van der Waals surface area contributed by atoms with Gasteiger partial charge in [-0.25, -0.2) is 4.79 Å². The second-order valence-electron chi connectivity index (χ2n) is 10.8. The largest absolute Gasteiger partial charge is 0.508 e. The average molecular weight is 546 g/mol. The Morgan fingerprint density at radius 3 is 1.74 bits per heavy atom. The zero-order valence-electron chi connectivity index (χ0n) is 25.5. The number of nitrogens with zero attached hydrogens (tertiary/aromatic N) is 1. The van der Waals surface area contributed by atoms with E-state index in [0.717, 1.165) is 25.7 Å². The standard InChI is InChI=1S/C30H59NO7/c1-7-9-11-13-15-17-21-34-29(35-22-18-16-14-12-10-8-2)20-19-28(32)36-24-26(3)25-37-30(33)38-27(4)23-31(5)6/h26-27,29H,7-25H2,1-6H3. The maximum atomic E-state index is 12.3. The Morgan fingerprint density at radius 1 is 0.711 bits per heavy atom. The van der Waals surface area contributed by atoms with Gasteiger partial charge in [-0.2, -0.15) is 0 Å². The number of likely N-dealkylation sites (N-methyl/N-ethyl adjacent to an activating group) is 1. The molecule has 38 heavy (non-hydrogen) atoms. The molecule has 8 heteroatoms. The molecule has 0 aliphatic heterocycles. The van der Waals surface area contributed by atoms with Gasteiger partial charge in [-0.15, -0.1) is 0 Å². The van der Waals surface area contributed by atoms with Crippen LogP contribution in [0.5, 0.6) is 0 Å². The Hall–Kier alpha value is -1.38. The molecule has 0 aromatic rings. The fourth-order valence-corrected chi connectivity index (χ4v) is 3.96. The minimum Gasteiger partial charge on any atom is -0.465 e. The molecule has 2 atom stereocenters. The molecular formula is C30H59NO7. The van der Waals surface area contributed by atoms with E-state index in [4.69, 9.17) is 23.7 Å². The lowest BCUT2D eigenvalue weighted by molar-refractivity contribution is -0.160. The molecule has 0 amide bonds. The Labute approximate surface area is 233 Å². The van der Waals surface area contributed by atoms with Crippen molar-refractivity contribution < 1.29 is 33.3 Å². The molecule has 0 fully saturated rings. The Bertz CT molecular complexity index is 541. The number of hydrogen-bond donors (Lipinski definition) is 0. The first kappa shape index (κ1) is 36.6. The lowest BCUT2D eigenvalue weighted by atomic mass is 10.1. The third-order valence-electron chi connectivity index (χ3n) is 6.12. The van der Waals surface area contributed by atoms with Gasteiger partial charge in [-0.3, -0.25) is 4.79 Å². The quantitative estimate of drug-likeness (QED) is 0.0645. The number of esters is 1. The van der Waals surface area contributed by atoms with Crippen molar-refractivity contribution in [1.29, 1.82) is 0 Å². The first-order valence-electron chi connectivity index (χ1n) is 15.1. The maximum absolute atomic E-state index is 12.3. The first-order chi connectivity index (χ1) is 18.3. The fourth-order valence-electron chi connectivity index (χ4n) is 3.96. The van der Waals surface area contributed by atoms with Crippen LogP contribution in [0.4, 0.5) is 4.79 Å². The summed E-state index contributed by atoms with van der Waals surface area (Å²) in [5, 5.41) is 0. The summed E-state index contributed by atoms with van der Waals surface area (Å²) in [7, 11) is 3.82. The van der Waals surface area contributed by atoms with Crippen LogP contribution in [0.2, 0.25) is 0 Å². The van der Waals surface area contributed by atoms with Crippen LogP contribution >= 0.6 is 0 Å². The van der Waals surface area contributed by atoms with Gasteiger partial charge in [0, 0.05) is 32.1 Å². The first-order valence-corrected chi connectivity index (χ1v) is 15.1. The third-order valence-corrected chi connectivity index (χ3v) is 6.12. The number of carbonyl (C=O) groups is 2. The molecule has 0 radical (unpaired) electrons. The predicted octanol–water partition coefficient (Wildman–Crippen LogP) is 7.13. The van der Waals surface area contributed by atoms with Gasteiger partial charge in [-0.05, 0) is 33.9 Å². The zero-order chi connectivity index (χ0) is 28.4. The summed E-state index contributed by atoms with van der Waals surface area (Å²) in [4.78, 5) is 26.1. The smallest absolute Gasteiger partial charge is 0.465 e. The highest BCUT2D eigenvalue weighted by molar-refractivity contribution is 5.69. The van der Waals surface area contributed by atoms with Crippen molar-refractivity contribution in [2.75, 3.05) is 47.1 Å². The van der Waals surface area contributed by atoms with Gasteiger partial charge in [-0.1, -0.05) is 85.0 Å². The van der Waals surface area contributed by atoms with Crippen LogP contribution < -0.4 is 0 Å². The van der Waals surface area contributed by atoms with Crippen molar-refractivity contribution in [3.05, 3.63) is 0 Å². The summed E-state index contributed by atoms with van der Waals surface area (Å²) in [5.41, 5.74) is 0. The molecule has 2 unspecified atom stereocenters. The molecule has 0 heterocycles. The Balaban J connectivity index is 4.24. The van der Waals surface area contributed by atoms with Gasteiger partial charge in [0.2, 0.25) is 0 Å². The molecule has 0 rings (SSSR count). The van der Waals surface area contributed by atoms with E-state index in [1.165, 1.54) is 51.4 Å². The zero-order valence-corrected chi connectivity index (χ0v) is 25.5. The molecule has 0 aromatic heterocycles. The molecular weight excluding hydrogens is 486 g/mol. The topological polar surface area (TPSA) is 83.5 Å². The van der Waals surface area contributed by atoms with Crippen molar-refractivity contribution in [1.82, 2.24) is 4.90 Å². The molecule has 0 aromatic carbocycles. The molecule has 0 saturated heterocycles. The van der Waals surface area contributed by atoms with E-state index in [9.17, 15) is 9.59 Å². The minimum atomic E-state index is -0.703. The summed E-state index contributed by atoms with van der Waals surface area (Å²) in [6.45, 7) is 10.4. The van der Waals surface area contributed by atoms with E-state index in [-0.39, 0.29) is 43.9 Å². The summed E-state index contributed by atoms with van der Waals surface area (Å²) in [6.07, 6.45) is 13.8. The van der Waals surface area contributed by atoms with E-state index < -0.39 is 6.16 Å². The summed E-state index contributed by atoms with van der Waals surface area (Å²) < 4.78 is 27.7. The Kier molecular flexibility index (Phi) is 24.9. The van der Waals surface area contributed by atoms with Gasteiger partial charge in [0.15, 0.2) is 6.29 Å². The lowest BCUT2D eigenvalue weighted by Crippen LogP contribution is -2.29. The molecule has 0 aliphatic rings. The van der Waals surface area contributed by atoms with Gasteiger partial charge in [0.1, 0.15) is 12.7 Å². The van der Waals surface area contributed by atoms with Crippen molar-refractivity contribution in [2.24, 2.45) is 5.92 Å². The van der Waals surface area contributed by atoms with Crippen LogP contribution in [0.3, 0.4) is 0 Å². The van der Waals surface area contributed by atoms with Crippen molar-refractivity contribution in [3.63, 3.8) is 0 Å². The van der Waals surface area contributed by atoms with Crippen LogP contribution in [0.1, 0.15) is 118 Å². The van der Waals surface area contributed by atoms with E-state index in [1.807, 2.05) is 32.8 Å². The normalized spacial score (nSPS) is 13.1. The van der Waals surface area contributed by atoms with Crippen LogP contribution in [0.25, 0.3) is 0 Å². The second kappa shape index (κ2) is 25.9. The van der Waals surface area contributed by atoms with Crippen molar-refractivity contribution >= 4 is 12.1 Å². The van der Waals surface area contributed by atoms with Crippen LogP contribution in [-0.4, -0.2) is 76.5 Å². The summed E-state index contributed by atoms with van der Waals surface area (Å²) in [5.74, 6) is -0.422. The van der Waals surface area contributed by atoms with Crippen molar-refractivity contribution in [3.8, 4) is 0 Å². The molecule has 0 saturated carbocycles. The number of unbranched alkanes of at least 4 members (excludes halogenated alkanes) is 10. The number of ether oxygens (including phenoxy) is 5. The SMILES string of the molecule is CCCCCCCCOC(CCC(=O)OCC(C)COC(=O)OC(C)CN(C)C)OCCCCCCCC. The number of hydrogen-bond acceptors (Lipinski definition) is 8. The molecule has 8 nitrogen and oxygen atoms in total. The van der Waals surface area contributed by atoms with Gasteiger partial charge >= 0.3 is 12.1 Å². The third kappa shape index (κ3) is 24.9. The predicted molar refractivity (Wildman–Crippen MR) is 152 cm³/mol. The van der Waals surface area contributed by atoms with Gasteiger partial charge in [0.05, 0.1) is 13.0 Å². The van der Waals surface area contributed by atoms with Crippen LogP contribution in [0.15, 0.2) is 0 Å². The maximum Gasteiger partial charge on any atom is 0.508 e. The van der Waals surface area contributed by atoms with Crippen molar-refractivity contribution in [2.45, 2.75) is 130 Å². The van der Waals surface area contributed by atoms with E-state index in [1.54, 1.807) is 0 Å². The highest BCUT2D eigenvalue weighted by Crippen LogP contribution is 2.12. The Morgan fingerprint density at radius 2 is 1.21 bits per heavy atom. The number of rotatable bonds is 26. The second-order valence-corrected chi connectivity index (χ2v) is 10.8. The molecule has 0 aliphatic carbocycles. The summed E-state index contributed by atoms with van der Waals surface area (Å²) in [6, 6.07) is 0. The van der Waals surface area contributed by atoms with Crippen LogP contribution in [0, 0.1) is 5.92 Å². The van der Waals surface area contributed by atoms with Gasteiger partial charge < -0.3 is 28.6 Å². The number of carbonyl (C=O) groups excluding carboxylic acids is 2. The molecule has 0 spiro atoms. The minimum absolute atomic E-state index is 0.126. The van der Waals surface area contributed by atoms with Crippen LogP contribution in [-0.2, 0) is 28.5 Å². The lowest BCUT2D eigenvalue weighted by Gasteiger charge is -2.19. The fraction of sp³-hybridized carbons (Fsp3) is 0.933. The van der Waals surface area contributed by atoms with Gasteiger partial charge in [0.25, 0.3) is 0 Å². The highest BCUT2D eigenvalue weighted by atomic mass is 16.7. The monoisotopic (exact) mass is 545 g/mol. The highest BCUT2D eigenvalue weighted by Gasteiger charge is 2.16. The molecule has 0 bridgehead atoms.